The quantitative estimate of drug-likeness (QED) is 0.900. The largest absolute Gasteiger partial charge is 0.372 e. The van der Waals surface area contributed by atoms with Gasteiger partial charge in [-0.15, -0.1) is 0 Å². The van der Waals surface area contributed by atoms with E-state index in [1.807, 2.05) is 32.2 Å². The molecule has 1 N–H and O–H groups in total. The van der Waals surface area contributed by atoms with E-state index in [1.54, 1.807) is 0 Å². The highest BCUT2D eigenvalue weighted by Gasteiger charge is 2.04. The second-order valence-corrected chi connectivity index (χ2v) is 4.74. The van der Waals surface area contributed by atoms with E-state index in [0.29, 0.717) is 6.61 Å². The van der Waals surface area contributed by atoms with Gasteiger partial charge in [-0.2, -0.15) is 0 Å². The zero-order valence-corrected chi connectivity index (χ0v) is 11.2. The molecule has 0 bridgehead atoms. The molecule has 1 aromatic carbocycles. The summed E-state index contributed by atoms with van der Waals surface area (Å²) in [5.41, 5.74) is 1.02. The van der Waals surface area contributed by atoms with Crippen molar-refractivity contribution in [1.29, 1.82) is 0 Å². The van der Waals surface area contributed by atoms with Crippen molar-refractivity contribution >= 4 is 27.5 Å². The lowest BCUT2D eigenvalue weighted by Crippen LogP contribution is -2.23. The molecule has 0 aliphatic rings. The van der Waals surface area contributed by atoms with Gasteiger partial charge in [0.1, 0.15) is 0 Å². The van der Waals surface area contributed by atoms with E-state index in [-0.39, 0.29) is 6.10 Å². The molecular weight excluding hydrogens is 277 g/mol. The molecule has 0 heterocycles. The molecule has 0 aromatic heterocycles. The number of hydrogen-bond donors (Lipinski definition) is 1. The minimum Gasteiger partial charge on any atom is -0.372 e. The minimum atomic E-state index is 0.190. The van der Waals surface area contributed by atoms with Gasteiger partial charge in [0.15, 0.2) is 0 Å². The molecule has 84 valence electrons. The highest BCUT2D eigenvalue weighted by molar-refractivity contribution is 9.10. The molecule has 0 aliphatic carbocycles. The Morgan fingerprint density at radius 2 is 2.27 bits per heavy atom. The van der Waals surface area contributed by atoms with Gasteiger partial charge in [-0.3, -0.25) is 0 Å². The second-order valence-electron chi connectivity index (χ2n) is 3.42. The average Bonchev–Trinajstić information content (AvgIpc) is 2.17. The normalized spacial score (nSPS) is 12.8. The van der Waals surface area contributed by atoms with E-state index in [4.69, 9.17) is 16.3 Å². The van der Waals surface area contributed by atoms with Crippen molar-refractivity contribution < 1.29 is 4.74 Å². The molecule has 1 aromatic rings. The van der Waals surface area contributed by atoms with Gasteiger partial charge in [-0.25, -0.2) is 0 Å². The molecular formula is C11H15BrClNO. The molecule has 0 fully saturated rings. The summed E-state index contributed by atoms with van der Waals surface area (Å²) < 4.78 is 6.61. The van der Waals surface area contributed by atoms with E-state index in [1.165, 1.54) is 0 Å². The molecule has 0 radical (unpaired) electrons. The molecule has 0 saturated carbocycles. The van der Waals surface area contributed by atoms with Crippen LogP contribution < -0.4 is 5.32 Å². The molecule has 1 rings (SSSR count). The van der Waals surface area contributed by atoms with Crippen molar-refractivity contribution in [2.45, 2.75) is 19.6 Å². The molecule has 0 amide bonds. The molecule has 4 heteroatoms. The fraction of sp³-hybridized carbons (Fsp3) is 0.455. The Hall–Kier alpha value is -0.0900. The molecule has 1 atom stereocenters. The first-order valence-electron chi connectivity index (χ1n) is 4.83. The lowest BCUT2D eigenvalue weighted by Gasteiger charge is -2.13. The summed E-state index contributed by atoms with van der Waals surface area (Å²) in [6.07, 6.45) is 0.190. The first-order valence-corrected chi connectivity index (χ1v) is 6.00. The summed E-state index contributed by atoms with van der Waals surface area (Å²) >= 11 is 9.43. The van der Waals surface area contributed by atoms with Gasteiger partial charge in [0.2, 0.25) is 0 Å². The van der Waals surface area contributed by atoms with Crippen LogP contribution in [0.1, 0.15) is 12.5 Å². The fourth-order valence-corrected chi connectivity index (χ4v) is 1.95. The van der Waals surface area contributed by atoms with Gasteiger partial charge in [0.05, 0.1) is 12.7 Å². The topological polar surface area (TPSA) is 21.3 Å². The van der Waals surface area contributed by atoms with Crippen molar-refractivity contribution in [2.24, 2.45) is 0 Å². The molecule has 0 spiro atoms. The third-order valence-corrected chi connectivity index (χ3v) is 2.88. The number of nitrogens with one attached hydrogen (secondary N) is 1. The van der Waals surface area contributed by atoms with Crippen molar-refractivity contribution in [1.82, 2.24) is 5.32 Å². The molecule has 15 heavy (non-hydrogen) atoms. The van der Waals surface area contributed by atoms with Crippen LogP contribution in [0.5, 0.6) is 0 Å². The zero-order chi connectivity index (χ0) is 11.3. The van der Waals surface area contributed by atoms with Gasteiger partial charge in [-0.05, 0) is 31.7 Å². The van der Waals surface area contributed by atoms with E-state index in [0.717, 1.165) is 21.6 Å². The Kier molecular flexibility index (Phi) is 5.61. The number of benzene rings is 1. The zero-order valence-electron chi connectivity index (χ0n) is 8.89. The van der Waals surface area contributed by atoms with Crippen LogP contribution in [-0.2, 0) is 11.3 Å². The van der Waals surface area contributed by atoms with E-state index in [2.05, 4.69) is 21.2 Å². The maximum absolute atomic E-state index is 6.06. The maximum atomic E-state index is 6.06. The standard InChI is InChI=1S/C11H15BrClNO/c1-8(6-14-2)15-7-9-3-4-10(12)5-11(9)13/h3-5,8,14H,6-7H2,1-2H3. The first-order chi connectivity index (χ1) is 7.13. The number of rotatable bonds is 5. The average molecular weight is 293 g/mol. The van der Waals surface area contributed by atoms with Crippen LogP contribution in [0.2, 0.25) is 5.02 Å². The third kappa shape index (κ3) is 4.51. The molecule has 0 saturated heterocycles. The van der Waals surface area contributed by atoms with Crippen LogP contribution in [0, 0.1) is 0 Å². The van der Waals surface area contributed by atoms with Crippen LogP contribution >= 0.6 is 27.5 Å². The van der Waals surface area contributed by atoms with Gasteiger partial charge < -0.3 is 10.1 Å². The summed E-state index contributed by atoms with van der Waals surface area (Å²) in [5, 5.41) is 3.80. The Labute approximate surface area is 104 Å². The summed E-state index contributed by atoms with van der Waals surface area (Å²) in [5.74, 6) is 0. The number of likely N-dealkylation sites (N-methyl/N-ethyl adjacent to an activating group) is 1. The van der Waals surface area contributed by atoms with Crippen molar-refractivity contribution in [3.8, 4) is 0 Å². The summed E-state index contributed by atoms with van der Waals surface area (Å²) in [7, 11) is 1.91. The van der Waals surface area contributed by atoms with Crippen LogP contribution in [0.4, 0.5) is 0 Å². The Morgan fingerprint density at radius 1 is 1.53 bits per heavy atom. The SMILES string of the molecule is CNCC(C)OCc1ccc(Br)cc1Cl. The minimum absolute atomic E-state index is 0.190. The number of hydrogen-bond acceptors (Lipinski definition) is 2. The van der Waals surface area contributed by atoms with Gasteiger partial charge >= 0.3 is 0 Å². The summed E-state index contributed by atoms with van der Waals surface area (Å²) in [6, 6.07) is 5.81. The van der Waals surface area contributed by atoms with E-state index in [9.17, 15) is 0 Å². The van der Waals surface area contributed by atoms with Gasteiger partial charge in [0, 0.05) is 16.0 Å². The molecule has 2 nitrogen and oxygen atoms in total. The second kappa shape index (κ2) is 6.48. The Morgan fingerprint density at radius 3 is 2.87 bits per heavy atom. The Balaban J connectivity index is 2.50. The van der Waals surface area contributed by atoms with Crippen molar-refractivity contribution in [3.05, 3.63) is 33.3 Å². The number of halogens is 2. The molecule has 0 aliphatic heterocycles. The Bertz CT molecular complexity index is 319. The summed E-state index contributed by atoms with van der Waals surface area (Å²) in [4.78, 5) is 0. The predicted molar refractivity (Wildman–Crippen MR) is 67.3 cm³/mol. The monoisotopic (exact) mass is 291 g/mol. The predicted octanol–water partition coefficient (Wildman–Crippen LogP) is 3.23. The van der Waals surface area contributed by atoms with E-state index >= 15 is 0 Å². The van der Waals surface area contributed by atoms with Gasteiger partial charge in [0.25, 0.3) is 0 Å². The number of ether oxygens (including phenoxy) is 1. The van der Waals surface area contributed by atoms with Crippen LogP contribution in [0.15, 0.2) is 22.7 Å². The summed E-state index contributed by atoms with van der Waals surface area (Å²) in [6.45, 7) is 3.42. The van der Waals surface area contributed by atoms with Crippen molar-refractivity contribution in [2.75, 3.05) is 13.6 Å². The maximum Gasteiger partial charge on any atom is 0.0735 e. The van der Waals surface area contributed by atoms with Crippen LogP contribution in [0.3, 0.4) is 0 Å². The van der Waals surface area contributed by atoms with Gasteiger partial charge in [-0.1, -0.05) is 33.6 Å². The highest BCUT2D eigenvalue weighted by Crippen LogP contribution is 2.22. The smallest absolute Gasteiger partial charge is 0.0735 e. The van der Waals surface area contributed by atoms with E-state index < -0.39 is 0 Å². The highest BCUT2D eigenvalue weighted by atomic mass is 79.9. The fourth-order valence-electron chi connectivity index (χ4n) is 1.22. The lowest BCUT2D eigenvalue weighted by molar-refractivity contribution is 0.0545. The van der Waals surface area contributed by atoms with Crippen LogP contribution in [0.25, 0.3) is 0 Å². The van der Waals surface area contributed by atoms with Crippen molar-refractivity contribution in [3.63, 3.8) is 0 Å². The third-order valence-electron chi connectivity index (χ3n) is 2.03. The van der Waals surface area contributed by atoms with Crippen LogP contribution in [-0.4, -0.2) is 19.7 Å². The lowest BCUT2D eigenvalue weighted by atomic mass is 10.2. The molecule has 1 unspecified atom stereocenters. The first kappa shape index (κ1) is 13.0.